The van der Waals surface area contributed by atoms with Gasteiger partial charge in [0.2, 0.25) is 11.6 Å². The Balaban J connectivity index is 1.17. The predicted molar refractivity (Wildman–Crippen MR) is 161 cm³/mol. The van der Waals surface area contributed by atoms with Crippen molar-refractivity contribution in [2.75, 3.05) is 0 Å². The fourth-order valence-corrected chi connectivity index (χ4v) is 6.85. The number of hydrogen-bond donors (Lipinski definition) is 1. The maximum Gasteiger partial charge on any atom is 0.232 e. The molecule has 1 heterocycles. The molecule has 1 N–H and O–H groups in total. The fraction of sp³-hybridized carbons (Fsp3) is 0.469. The lowest BCUT2D eigenvalue weighted by atomic mass is 9.87. The van der Waals surface area contributed by atoms with Gasteiger partial charge in [-0.2, -0.15) is 0 Å². The minimum atomic E-state index is -0.585. The molecule has 204 valence electrons. The second kappa shape index (κ2) is 15.3. The normalized spacial score (nSPS) is 16.1. The molecule has 0 radical (unpaired) electrons. The first-order chi connectivity index (χ1) is 18.3. The predicted octanol–water partition coefficient (Wildman–Crippen LogP) is 9.03. The van der Waals surface area contributed by atoms with Gasteiger partial charge < -0.3 is 5.11 Å². The largest absolute Gasteiger partial charge is 0.507 e. The lowest BCUT2D eigenvalue weighted by molar-refractivity contribution is -0.132. The van der Waals surface area contributed by atoms with E-state index < -0.39 is 11.6 Å². The van der Waals surface area contributed by atoms with Crippen molar-refractivity contribution in [2.24, 2.45) is 0 Å². The summed E-state index contributed by atoms with van der Waals surface area (Å²) >= 11 is 0. The third-order valence-electron chi connectivity index (χ3n) is 7.33. The zero-order valence-corrected chi connectivity index (χ0v) is 24.4. The van der Waals surface area contributed by atoms with E-state index in [1.165, 1.54) is 48.6 Å². The third kappa shape index (κ3) is 8.88. The topological polar surface area (TPSA) is 71.4 Å². The number of hydrogen-bond acceptors (Lipinski definition) is 6. The van der Waals surface area contributed by atoms with Crippen molar-refractivity contribution in [1.82, 2.24) is 0 Å². The van der Waals surface area contributed by atoms with Crippen molar-refractivity contribution in [3.8, 4) is 0 Å². The minimum Gasteiger partial charge on any atom is -0.507 e. The zero-order valence-electron chi connectivity index (χ0n) is 22.8. The number of benzene rings is 1. The van der Waals surface area contributed by atoms with E-state index in [2.05, 4.69) is 36.9 Å². The highest BCUT2D eigenvalue weighted by Crippen LogP contribution is 2.48. The molecule has 1 aliphatic carbocycles. The Morgan fingerprint density at radius 3 is 1.95 bits per heavy atom. The molecule has 0 unspecified atom stereocenters. The van der Waals surface area contributed by atoms with Crippen LogP contribution in [0.1, 0.15) is 102 Å². The molecule has 4 nitrogen and oxygen atoms in total. The van der Waals surface area contributed by atoms with Crippen LogP contribution in [0.3, 0.4) is 0 Å². The maximum absolute atomic E-state index is 12.3. The molecule has 1 aliphatic heterocycles. The molecule has 0 aromatic heterocycles. The average Bonchev–Trinajstić information content (AvgIpc) is 3.36. The quantitative estimate of drug-likeness (QED) is 0.0954. The molecule has 0 amide bonds. The van der Waals surface area contributed by atoms with Gasteiger partial charge in [-0.1, -0.05) is 97.4 Å². The number of carbonyl (C=O) groups excluding carboxylic acids is 3. The number of Topliss-reactive ketones (excluding diaryl/α,β-unsaturated/α-hetero) is 3. The molecule has 3 rings (SSSR count). The molecule has 0 fully saturated rings. The van der Waals surface area contributed by atoms with E-state index in [4.69, 9.17) is 0 Å². The van der Waals surface area contributed by atoms with Crippen LogP contribution in [-0.2, 0) is 20.8 Å². The maximum atomic E-state index is 12.3. The highest BCUT2D eigenvalue weighted by atomic mass is 33.1. The van der Waals surface area contributed by atoms with E-state index in [1.807, 2.05) is 0 Å². The van der Waals surface area contributed by atoms with E-state index in [-0.39, 0.29) is 11.3 Å². The molecule has 6 heteroatoms. The van der Waals surface area contributed by atoms with Crippen molar-refractivity contribution in [3.63, 3.8) is 0 Å². The van der Waals surface area contributed by atoms with Gasteiger partial charge in [-0.05, 0) is 56.7 Å². The lowest BCUT2D eigenvalue weighted by Gasteiger charge is -2.17. The molecular formula is C32H40O4S2. The SMILES string of the molecule is C=C1C=C(c2ccc(CCC(=O)CCCCCCCCCCCC3=C(C)C(=O)C(=O)C(C)=C3O)cc2)SS1. The van der Waals surface area contributed by atoms with E-state index >= 15 is 0 Å². The van der Waals surface area contributed by atoms with Gasteiger partial charge in [0.15, 0.2) is 0 Å². The summed E-state index contributed by atoms with van der Waals surface area (Å²) in [7, 11) is 3.45. The number of allylic oxidation sites excluding steroid dienone is 4. The Bertz CT molecular complexity index is 1140. The summed E-state index contributed by atoms with van der Waals surface area (Å²) in [5, 5.41) is 10.2. The second-order valence-corrected chi connectivity index (χ2v) is 12.6. The Kier molecular flexibility index (Phi) is 12.2. The van der Waals surface area contributed by atoms with Crippen LogP contribution in [0.25, 0.3) is 4.91 Å². The van der Waals surface area contributed by atoms with Gasteiger partial charge in [0, 0.05) is 39.4 Å². The van der Waals surface area contributed by atoms with E-state index in [1.54, 1.807) is 28.5 Å². The van der Waals surface area contributed by atoms with Crippen LogP contribution in [0.2, 0.25) is 0 Å². The molecule has 2 aliphatic rings. The fourth-order valence-electron chi connectivity index (χ4n) is 4.83. The first kappa shape index (κ1) is 30.2. The number of carbonyl (C=O) groups is 3. The van der Waals surface area contributed by atoms with Crippen LogP contribution in [0.15, 0.2) is 64.3 Å². The summed E-state index contributed by atoms with van der Waals surface area (Å²) in [6.45, 7) is 7.13. The van der Waals surface area contributed by atoms with Crippen LogP contribution >= 0.6 is 21.6 Å². The van der Waals surface area contributed by atoms with Gasteiger partial charge in [-0.15, -0.1) is 0 Å². The standard InChI is InChI=1S/C32H40O4S2/c1-22-21-29(38-37-22)26-18-15-25(16-19-26)17-20-27(33)13-11-9-7-5-4-6-8-10-12-14-28-23(2)31(35)32(36)24(3)30(28)34/h15-16,18-19,21,34H,1,4-14,17,20H2,2-3H3. The number of aliphatic hydroxyl groups excluding tert-OH is 1. The van der Waals surface area contributed by atoms with Gasteiger partial charge in [0.05, 0.1) is 0 Å². The summed E-state index contributed by atoms with van der Waals surface area (Å²) in [6, 6.07) is 8.55. The number of aliphatic hydroxyl groups is 1. The highest BCUT2D eigenvalue weighted by Gasteiger charge is 2.29. The molecule has 0 spiro atoms. The third-order valence-corrected chi connectivity index (χ3v) is 9.70. The van der Waals surface area contributed by atoms with Crippen LogP contribution in [0.5, 0.6) is 0 Å². The summed E-state index contributed by atoms with van der Waals surface area (Å²) < 4.78 is 0. The van der Waals surface area contributed by atoms with Crippen molar-refractivity contribution in [2.45, 2.75) is 97.3 Å². The first-order valence-corrected chi connectivity index (χ1v) is 16.0. The Labute approximate surface area is 235 Å². The molecule has 38 heavy (non-hydrogen) atoms. The summed E-state index contributed by atoms with van der Waals surface area (Å²) in [5.74, 6) is -0.702. The highest BCUT2D eigenvalue weighted by molar-refractivity contribution is 8.82. The van der Waals surface area contributed by atoms with Gasteiger partial charge in [0.1, 0.15) is 11.5 Å². The van der Waals surface area contributed by atoms with Crippen molar-refractivity contribution in [3.05, 3.63) is 75.4 Å². The van der Waals surface area contributed by atoms with Crippen LogP contribution in [0.4, 0.5) is 0 Å². The number of unbranched alkanes of at least 4 members (excludes halogenated alkanes) is 8. The molecular weight excluding hydrogens is 512 g/mol. The van der Waals surface area contributed by atoms with Gasteiger partial charge >= 0.3 is 0 Å². The molecule has 0 saturated heterocycles. The van der Waals surface area contributed by atoms with Crippen molar-refractivity contribution in [1.29, 1.82) is 0 Å². The summed E-state index contributed by atoms with van der Waals surface area (Å²) in [4.78, 5) is 38.4. The average molecular weight is 553 g/mol. The molecule has 0 atom stereocenters. The monoisotopic (exact) mass is 552 g/mol. The molecule has 1 aromatic carbocycles. The van der Waals surface area contributed by atoms with Crippen molar-refractivity contribution < 1.29 is 19.5 Å². The van der Waals surface area contributed by atoms with Crippen LogP contribution in [-0.4, -0.2) is 22.5 Å². The van der Waals surface area contributed by atoms with Crippen LogP contribution < -0.4 is 0 Å². The van der Waals surface area contributed by atoms with E-state index in [0.29, 0.717) is 36.2 Å². The van der Waals surface area contributed by atoms with Gasteiger partial charge in [0.25, 0.3) is 0 Å². The number of ketones is 3. The zero-order chi connectivity index (χ0) is 27.5. The van der Waals surface area contributed by atoms with Gasteiger partial charge in [-0.25, -0.2) is 0 Å². The van der Waals surface area contributed by atoms with Crippen molar-refractivity contribution >= 4 is 43.8 Å². The second-order valence-electron chi connectivity index (χ2n) is 10.3. The Hall–Kier alpha value is -2.31. The molecule has 1 aromatic rings. The molecule has 0 bridgehead atoms. The Morgan fingerprint density at radius 1 is 0.763 bits per heavy atom. The van der Waals surface area contributed by atoms with Gasteiger partial charge in [-0.3, -0.25) is 14.4 Å². The lowest BCUT2D eigenvalue weighted by Crippen LogP contribution is -2.24. The smallest absolute Gasteiger partial charge is 0.232 e. The number of rotatable bonds is 16. The minimum absolute atomic E-state index is 0.00240. The first-order valence-electron chi connectivity index (χ1n) is 13.8. The van der Waals surface area contributed by atoms with E-state index in [9.17, 15) is 19.5 Å². The van der Waals surface area contributed by atoms with Crippen LogP contribution in [0, 0.1) is 0 Å². The van der Waals surface area contributed by atoms with E-state index in [0.717, 1.165) is 43.4 Å². The molecule has 0 saturated carbocycles. The summed E-state index contributed by atoms with van der Waals surface area (Å²) in [5.41, 5.74) is 3.64. The Morgan fingerprint density at radius 2 is 1.34 bits per heavy atom. The number of aryl methyl sites for hydroxylation is 1. The summed E-state index contributed by atoms with van der Waals surface area (Å²) in [6.07, 6.45) is 14.8.